The Labute approximate surface area is 172 Å². The standard InChI is InChI=1S/C20H16Cl3N3O/c1-12-9-15(11-24-25-20(27)14-3-5-16(21)6-4-14)13(2)26(12)17-7-8-18(22)19(23)10-17/h3-11H,1-2H3,(H,25,27)/b24-11-. The third-order valence-electron chi connectivity index (χ3n) is 4.11. The Balaban J connectivity index is 1.79. The third-order valence-corrected chi connectivity index (χ3v) is 5.10. The summed E-state index contributed by atoms with van der Waals surface area (Å²) in [7, 11) is 0. The summed E-state index contributed by atoms with van der Waals surface area (Å²) < 4.78 is 2.05. The van der Waals surface area contributed by atoms with Gasteiger partial charge in [0.25, 0.3) is 5.91 Å². The van der Waals surface area contributed by atoms with Crippen molar-refractivity contribution >= 4 is 46.9 Å². The first-order valence-corrected chi connectivity index (χ1v) is 9.23. The second kappa shape index (κ2) is 8.17. The lowest BCUT2D eigenvalue weighted by Crippen LogP contribution is -2.17. The highest BCUT2D eigenvalue weighted by atomic mass is 35.5. The minimum absolute atomic E-state index is 0.304. The van der Waals surface area contributed by atoms with Gasteiger partial charge in [-0.05, 0) is 62.4 Å². The quantitative estimate of drug-likeness (QED) is 0.419. The summed E-state index contributed by atoms with van der Waals surface area (Å²) in [6, 6.07) is 14.1. The highest BCUT2D eigenvalue weighted by molar-refractivity contribution is 6.42. The maximum atomic E-state index is 12.1. The molecule has 1 aromatic heterocycles. The molecule has 0 saturated carbocycles. The molecule has 0 saturated heterocycles. The van der Waals surface area contributed by atoms with Gasteiger partial charge in [-0.2, -0.15) is 5.10 Å². The van der Waals surface area contributed by atoms with E-state index in [-0.39, 0.29) is 5.91 Å². The van der Waals surface area contributed by atoms with Crippen molar-refractivity contribution in [2.45, 2.75) is 13.8 Å². The van der Waals surface area contributed by atoms with Crippen molar-refractivity contribution in [3.8, 4) is 5.69 Å². The summed E-state index contributed by atoms with van der Waals surface area (Å²) in [6.45, 7) is 3.96. The van der Waals surface area contributed by atoms with E-state index < -0.39 is 0 Å². The molecule has 0 atom stereocenters. The molecular formula is C20H16Cl3N3O. The van der Waals surface area contributed by atoms with Crippen molar-refractivity contribution < 1.29 is 4.79 Å². The number of aromatic nitrogens is 1. The fourth-order valence-corrected chi connectivity index (χ4v) is 3.18. The Morgan fingerprint density at radius 3 is 2.37 bits per heavy atom. The van der Waals surface area contributed by atoms with E-state index in [1.807, 2.05) is 36.6 Å². The molecule has 138 valence electrons. The number of hydrogen-bond donors (Lipinski definition) is 1. The number of aryl methyl sites for hydroxylation is 1. The predicted octanol–water partition coefficient (Wildman–Crippen LogP) is 5.82. The van der Waals surface area contributed by atoms with Crippen LogP contribution in [0.1, 0.15) is 27.3 Å². The zero-order valence-corrected chi connectivity index (χ0v) is 16.9. The summed E-state index contributed by atoms with van der Waals surface area (Å²) in [6.07, 6.45) is 1.62. The topological polar surface area (TPSA) is 46.4 Å². The SMILES string of the molecule is Cc1cc(/C=N\NC(=O)c2ccc(Cl)cc2)c(C)n1-c1ccc(Cl)c(Cl)c1. The van der Waals surface area contributed by atoms with Crippen LogP contribution in [0.25, 0.3) is 5.69 Å². The summed E-state index contributed by atoms with van der Waals surface area (Å²) in [5.41, 5.74) is 6.77. The zero-order chi connectivity index (χ0) is 19.6. The van der Waals surface area contributed by atoms with E-state index in [1.165, 1.54) is 0 Å². The number of benzene rings is 2. The monoisotopic (exact) mass is 419 g/mol. The second-order valence-electron chi connectivity index (χ2n) is 5.97. The molecule has 4 nitrogen and oxygen atoms in total. The molecule has 0 fully saturated rings. The fourth-order valence-electron chi connectivity index (χ4n) is 2.77. The van der Waals surface area contributed by atoms with E-state index >= 15 is 0 Å². The molecule has 1 amide bonds. The molecule has 0 aliphatic heterocycles. The van der Waals surface area contributed by atoms with Gasteiger partial charge in [0.2, 0.25) is 0 Å². The molecule has 27 heavy (non-hydrogen) atoms. The van der Waals surface area contributed by atoms with Gasteiger partial charge < -0.3 is 4.57 Å². The average Bonchev–Trinajstić information content (AvgIpc) is 2.92. The molecule has 2 aromatic carbocycles. The summed E-state index contributed by atoms with van der Waals surface area (Å²) >= 11 is 18.0. The van der Waals surface area contributed by atoms with Gasteiger partial charge in [0, 0.05) is 33.2 Å². The summed E-state index contributed by atoms with van der Waals surface area (Å²) in [4.78, 5) is 12.1. The van der Waals surface area contributed by atoms with Crippen molar-refractivity contribution in [3.05, 3.63) is 86.1 Å². The molecule has 1 heterocycles. The Hall–Kier alpha value is -2.27. The first-order valence-electron chi connectivity index (χ1n) is 8.10. The number of hydrazone groups is 1. The van der Waals surface area contributed by atoms with Crippen LogP contribution in [0.5, 0.6) is 0 Å². The smallest absolute Gasteiger partial charge is 0.271 e. The molecule has 3 rings (SSSR count). The van der Waals surface area contributed by atoms with Crippen LogP contribution in [0.15, 0.2) is 53.6 Å². The molecule has 0 bridgehead atoms. The molecule has 7 heteroatoms. The van der Waals surface area contributed by atoms with E-state index in [9.17, 15) is 4.79 Å². The Bertz CT molecular complexity index is 1020. The maximum Gasteiger partial charge on any atom is 0.271 e. The van der Waals surface area contributed by atoms with Crippen LogP contribution >= 0.6 is 34.8 Å². The molecule has 0 unspecified atom stereocenters. The average molecular weight is 421 g/mol. The molecular weight excluding hydrogens is 405 g/mol. The number of amides is 1. The van der Waals surface area contributed by atoms with Gasteiger partial charge in [-0.1, -0.05) is 34.8 Å². The zero-order valence-electron chi connectivity index (χ0n) is 14.6. The van der Waals surface area contributed by atoms with Gasteiger partial charge in [0.1, 0.15) is 0 Å². The normalized spacial score (nSPS) is 11.1. The van der Waals surface area contributed by atoms with E-state index in [0.717, 1.165) is 22.6 Å². The lowest BCUT2D eigenvalue weighted by atomic mass is 10.2. The Morgan fingerprint density at radius 1 is 1.00 bits per heavy atom. The lowest BCUT2D eigenvalue weighted by Gasteiger charge is -2.10. The van der Waals surface area contributed by atoms with Crippen LogP contribution < -0.4 is 5.43 Å². The predicted molar refractivity (Wildman–Crippen MR) is 112 cm³/mol. The van der Waals surface area contributed by atoms with Crippen molar-refractivity contribution in [2.75, 3.05) is 0 Å². The van der Waals surface area contributed by atoms with Crippen molar-refractivity contribution in [3.63, 3.8) is 0 Å². The highest BCUT2D eigenvalue weighted by Gasteiger charge is 2.11. The molecule has 0 radical (unpaired) electrons. The Morgan fingerprint density at radius 2 is 1.70 bits per heavy atom. The number of rotatable bonds is 4. The van der Waals surface area contributed by atoms with Crippen molar-refractivity contribution in [1.29, 1.82) is 0 Å². The Kier molecular flexibility index (Phi) is 5.90. The van der Waals surface area contributed by atoms with E-state index in [1.54, 1.807) is 36.5 Å². The van der Waals surface area contributed by atoms with E-state index in [4.69, 9.17) is 34.8 Å². The molecule has 0 spiro atoms. The fraction of sp³-hybridized carbons (Fsp3) is 0.100. The number of halogens is 3. The molecule has 0 aliphatic carbocycles. The molecule has 3 aromatic rings. The second-order valence-corrected chi connectivity index (χ2v) is 7.22. The lowest BCUT2D eigenvalue weighted by molar-refractivity contribution is 0.0955. The highest BCUT2D eigenvalue weighted by Crippen LogP contribution is 2.27. The van der Waals surface area contributed by atoms with Gasteiger partial charge in [-0.15, -0.1) is 0 Å². The van der Waals surface area contributed by atoms with Crippen molar-refractivity contribution in [1.82, 2.24) is 9.99 Å². The third kappa shape index (κ3) is 4.35. The first-order chi connectivity index (χ1) is 12.9. The number of carbonyl (C=O) groups is 1. The molecule has 0 aliphatic rings. The summed E-state index contributed by atoms with van der Waals surface area (Å²) in [5, 5.41) is 5.64. The van der Waals surface area contributed by atoms with Crippen LogP contribution in [-0.4, -0.2) is 16.7 Å². The summed E-state index contributed by atoms with van der Waals surface area (Å²) in [5.74, 6) is -0.304. The number of hydrogen-bond acceptors (Lipinski definition) is 2. The number of nitrogens with zero attached hydrogens (tertiary/aromatic N) is 2. The number of carbonyl (C=O) groups excluding carboxylic acids is 1. The first kappa shape index (κ1) is 19.5. The van der Waals surface area contributed by atoms with Gasteiger partial charge in [-0.3, -0.25) is 4.79 Å². The van der Waals surface area contributed by atoms with Gasteiger partial charge >= 0.3 is 0 Å². The van der Waals surface area contributed by atoms with Crippen LogP contribution in [0.2, 0.25) is 15.1 Å². The minimum atomic E-state index is -0.304. The number of nitrogens with one attached hydrogen (secondary N) is 1. The van der Waals surface area contributed by atoms with Crippen LogP contribution in [-0.2, 0) is 0 Å². The molecule has 1 N–H and O–H groups in total. The van der Waals surface area contributed by atoms with Crippen LogP contribution in [0, 0.1) is 13.8 Å². The van der Waals surface area contributed by atoms with E-state index in [2.05, 4.69) is 10.5 Å². The van der Waals surface area contributed by atoms with Crippen LogP contribution in [0.4, 0.5) is 0 Å². The van der Waals surface area contributed by atoms with E-state index in [0.29, 0.717) is 20.6 Å². The van der Waals surface area contributed by atoms with Crippen LogP contribution in [0.3, 0.4) is 0 Å². The van der Waals surface area contributed by atoms with Crippen molar-refractivity contribution in [2.24, 2.45) is 5.10 Å². The largest absolute Gasteiger partial charge is 0.318 e. The van der Waals surface area contributed by atoms with Gasteiger partial charge in [0.15, 0.2) is 0 Å². The maximum absolute atomic E-state index is 12.1. The van der Waals surface area contributed by atoms with Gasteiger partial charge in [-0.25, -0.2) is 5.43 Å². The minimum Gasteiger partial charge on any atom is -0.318 e. The van der Waals surface area contributed by atoms with Gasteiger partial charge in [0.05, 0.1) is 16.3 Å².